The molecule has 0 spiro atoms. The minimum absolute atomic E-state index is 0. The maximum atomic E-state index is 10.4. The van der Waals surface area contributed by atoms with E-state index in [1.165, 1.54) is 0 Å². The second-order valence-electron chi connectivity index (χ2n) is 1.78. The summed E-state index contributed by atoms with van der Waals surface area (Å²) < 4.78 is 28.4. The summed E-state index contributed by atoms with van der Waals surface area (Å²) in [6.07, 6.45) is 1.02. The molecule has 0 rings (SSSR count). The number of carbonyl (C=O) groups excluding carboxylic acids is 1. The summed E-state index contributed by atoms with van der Waals surface area (Å²) in [6.45, 7) is 3.04. The van der Waals surface area contributed by atoms with E-state index in [1.54, 1.807) is 0 Å². The molecule has 0 saturated heterocycles. The van der Waals surface area contributed by atoms with Crippen molar-refractivity contribution in [2.75, 3.05) is 12.3 Å². The molecule has 0 unspecified atom stereocenters. The zero-order valence-electron chi connectivity index (χ0n) is 5.78. The first kappa shape index (κ1) is 14.6. The Hall–Kier alpha value is 0.120. The van der Waals surface area contributed by atoms with Gasteiger partial charge in [0.2, 0.25) is 5.91 Å². The molecule has 0 aromatic carbocycles. The van der Waals surface area contributed by atoms with E-state index in [1.807, 2.05) is 0 Å². The van der Waals surface area contributed by atoms with Gasteiger partial charge < -0.3 is 5.32 Å². The topological polar surface area (TPSA) is 83.5 Å². The number of rotatable bonds is 4. The summed E-state index contributed by atoms with van der Waals surface area (Å²) in [5.41, 5.74) is 0. The fourth-order valence-electron chi connectivity index (χ4n) is 0.375. The van der Waals surface area contributed by atoms with Crippen LogP contribution in [-0.4, -0.2) is 60.7 Å². The van der Waals surface area contributed by atoms with Gasteiger partial charge in [-0.2, -0.15) is 8.42 Å². The monoisotopic (exact) mass is 203 g/mol. The standard InChI is InChI=1S/C5H9NO4S.Na.H/c1-2-5(7)6-3-4-11(8,9)10;;/h2H,1,3-4H2,(H,6,7)(H,8,9,10);;. The molecule has 0 heterocycles. The third-order valence-corrected chi connectivity index (χ3v) is 1.56. The molecule has 7 heteroatoms. The normalized spacial score (nSPS) is 9.75. The Bertz CT molecular complexity index is 248. The summed E-state index contributed by atoms with van der Waals surface area (Å²) in [6, 6.07) is 0. The molecular weight excluding hydrogens is 193 g/mol. The van der Waals surface area contributed by atoms with Gasteiger partial charge in [0.25, 0.3) is 10.1 Å². The van der Waals surface area contributed by atoms with E-state index in [-0.39, 0.29) is 36.1 Å². The van der Waals surface area contributed by atoms with Crippen LogP contribution in [0.4, 0.5) is 0 Å². The van der Waals surface area contributed by atoms with Crippen molar-refractivity contribution in [1.29, 1.82) is 0 Å². The average Bonchev–Trinajstić information content (AvgIpc) is 1.85. The van der Waals surface area contributed by atoms with Gasteiger partial charge in [0.1, 0.15) is 0 Å². The molecule has 0 saturated carbocycles. The van der Waals surface area contributed by atoms with Gasteiger partial charge >= 0.3 is 29.6 Å². The first-order chi connectivity index (χ1) is 4.95. The van der Waals surface area contributed by atoms with Crippen molar-refractivity contribution in [2.45, 2.75) is 0 Å². The van der Waals surface area contributed by atoms with Gasteiger partial charge in [-0.15, -0.1) is 0 Å². The molecule has 0 fully saturated rings. The van der Waals surface area contributed by atoms with E-state index in [0.29, 0.717) is 0 Å². The van der Waals surface area contributed by atoms with Crippen LogP contribution in [0.1, 0.15) is 0 Å². The third-order valence-electron chi connectivity index (χ3n) is 0.845. The van der Waals surface area contributed by atoms with Crippen LogP contribution in [0.5, 0.6) is 0 Å². The first-order valence-electron chi connectivity index (χ1n) is 2.81. The van der Waals surface area contributed by atoms with Gasteiger partial charge in [-0.3, -0.25) is 9.35 Å². The van der Waals surface area contributed by atoms with Crippen molar-refractivity contribution in [3.05, 3.63) is 12.7 Å². The molecule has 0 atom stereocenters. The zero-order chi connectivity index (χ0) is 8.91. The second-order valence-corrected chi connectivity index (χ2v) is 3.35. The molecule has 0 bridgehead atoms. The first-order valence-corrected chi connectivity index (χ1v) is 4.42. The van der Waals surface area contributed by atoms with Gasteiger partial charge in [0.05, 0.1) is 5.75 Å². The van der Waals surface area contributed by atoms with Crippen LogP contribution in [0.3, 0.4) is 0 Å². The minimum atomic E-state index is -3.98. The molecule has 66 valence electrons. The van der Waals surface area contributed by atoms with Crippen LogP contribution in [0, 0.1) is 0 Å². The van der Waals surface area contributed by atoms with Gasteiger partial charge in [-0.1, -0.05) is 6.58 Å². The summed E-state index contributed by atoms with van der Waals surface area (Å²) in [7, 11) is -3.98. The molecule has 1 amide bonds. The molecular formula is C5H10NNaO4S. The van der Waals surface area contributed by atoms with E-state index in [9.17, 15) is 13.2 Å². The van der Waals surface area contributed by atoms with Crippen LogP contribution in [0.25, 0.3) is 0 Å². The zero-order valence-corrected chi connectivity index (χ0v) is 6.60. The Balaban J connectivity index is 0. The SMILES string of the molecule is C=CC(=O)NCCS(=O)(=O)O.[NaH]. The Morgan fingerprint density at radius 3 is 2.42 bits per heavy atom. The fraction of sp³-hybridized carbons (Fsp3) is 0.400. The second kappa shape index (κ2) is 6.62. The number of amides is 1. The van der Waals surface area contributed by atoms with Crippen LogP contribution < -0.4 is 5.32 Å². The molecule has 12 heavy (non-hydrogen) atoms. The number of hydrogen-bond acceptors (Lipinski definition) is 3. The Morgan fingerprint density at radius 2 is 2.08 bits per heavy atom. The van der Waals surface area contributed by atoms with Crippen molar-refractivity contribution in [2.24, 2.45) is 0 Å². The van der Waals surface area contributed by atoms with Gasteiger partial charge in [0.15, 0.2) is 0 Å². The molecule has 0 radical (unpaired) electrons. The van der Waals surface area contributed by atoms with Gasteiger partial charge in [0, 0.05) is 6.54 Å². The van der Waals surface area contributed by atoms with E-state index < -0.39 is 21.8 Å². The van der Waals surface area contributed by atoms with Gasteiger partial charge in [-0.05, 0) is 6.08 Å². The molecule has 0 aliphatic rings. The number of carbonyl (C=O) groups is 1. The van der Waals surface area contributed by atoms with E-state index >= 15 is 0 Å². The summed E-state index contributed by atoms with van der Waals surface area (Å²) in [4.78, 5) is 10.4. The quantitative estimate of drug-likeness (QED) is 0.332. The van der Waals surface area contributed by atoms with Crippen molar-refractivity contribution >= 4 is 45.6 Å². The molecule has 0 aromatic rings. The summed E-state index contributed by atoms with van der Waals surface area (Å²) in [5, 5.41) is 2.19. The molecule has 0 aliphatic carbocycles. The number of hydrogen-bond donors (Lipinski definition) is 2. The van der Waals surface area contributed by atoms with Crippen LogP contribution >= 0.6 is 0 Å². The predicted molar refractivity (Wildman–Crippen MR) is 46.8 cm³/mol. The molecule has 0 aromatic heterocycles. The van der Waals surface area contributed by atoms with Crippen molar-refractivity contribution in [3.8, 4) is 0 Å². The molecule has 0 aliphatic heterocycles. The molecule has 2 N–H and O–H groups in total. The van der Waals surface area contributed by atoms with E-state index in [4.69, 9.17) is 4.55 Å². The maximum absolute atomic E-state index is 10.4. The third kappa shape index (κ3) is 10.1. The fourth-order valence-corrected chi connectivity index (χ4v) is 0.735. The molecule has 5 nitrogen and oxygen atoms in total. The van der Waals surface area contributed by atoms with Crippen LogP contribution in [0.15, 0.2) is 12.7 Å². The average molecular weight is 203 g/mol. The predicted octanol–water partition coefficient (Wildman–Crippen LogP) is -1.47. The van der Waals surface area contributed by atoms with Crippen LogP contribution in [0.2, 0.25) is 0 Å². The Labute approximate surface area is 93.3 Å². The van der Waals surface area contributed by atoms with E-state index in [0.717, 1.165) is 6.08 Å². The number of nitrogens with one attached hydrogen (secondary N) is 1. The van der Waals surface area contributed by atoms with Gasteiger partial charge in [-0.25, -0.2) is 0 Å². The Kier molecular flexibility index (Phi) is 8.07. The van der Waals surface area contributed by atoms with Crippen molar-refractivity contribution in [1.82, 2.24) is 5.32 Å². The summed E-state index contributed by atoms with van der Waals surface area (Å²) >= 11 is 0. The van der Waals surface area contributed by atoms with Crippen LogP contribution in [-0.2, 0) is 14.9 Å². The Morgan fingerprint density at radius 1 is 1.58 bits per heavy atom. The summed E-state index contributed by atoms with van der Waals surface area (Å²) in [5.74, 6) is -0.944. The van der Waals surface area contributed by atoms with Crippen molar-refractivity contribution in [3.63, 3.8) is 0 Å². The van der Waals surface area contributed by atoms with E-state index in [2.05, 4.69) is 11.9 Å². The van der Waals surface area contributed by atoms with Crippen molar-refractivity contribution < 1.29 is 17.8 Å².